The maximum Gasteiger partial charge on any atom is 0.248 e. The van der Waals surface area contributed by atoms with E-state index in [0.717, 1.165) is 6.42 Å². The summed E-state index contributed by atoms with van der Waals surface area (Å²) in [7, 11) is 0. The fraction of sp³-hybridized carbons (Fsp3) is 0.857. The minimum Gasteiger partial charge on any atom is -0.340 e. The molecule has 0 aliphatic carbocycles. The summed E-state index contributed by atoms with van der Waals surface area (Å²) in [5.41, 5.74) is -1.12. The number of nitrogens with one attached hydrogen (secondary N) is 1. The lowest BCUT2D eigenvalue weighted by atomic mass is 9.85. The van der Waals surface area contributed by atoms with Gasteiger partial charge in [0, 0.05) is 5.54 Å². The summed E-state index contributed by atoms with van der Waals surface area (Å²) < 4.78 is 0. The van der Waals surface area contributed by atoms with E-state index in [4.69, 9.17) is 0 Å². The van der Waals surface area contributed by atoms with Gasteiger partial charge in [0.25, 0.3) is 0 Å². The van der Waals surface area contributed by atoms with Crippen molar-refractivity contribution in [2.24, 2.45) is 5.92 Å². The lowest BCUT2D eigenvalue weighted by Gasteiger charge is -2.51. The molecule has 4 nitrogen and oxygen atoms in total. The first-order valence-electron chi connectivity index (χ1n) is 6.70. The molecule has 1 atom stereocenters. The molecule has 1 aliphatic rings. The molecule has 0 aromatic carbocycles. The van der Waals surface area contributed by atoms with Crippen molar-refractivity contribution in [3.63, 3.8) is 0 Å². The summed E-state index contributed by atoms with van der Waals surface area (Å²) in [5, 5.41) is 2.83. The van der Waals surface area contributed by atoms with Gasteiger partial charge in [-0.2, -0.15) is 0 Å². The van der Waals surface area contributed by atoms with Crippen LogP contribution in [-0.2, 0) is 9.59 Å². The topological polar surface area (TPSA) is 49.4 Å². The normalized spacial score (nSPS) is 24.4. The van der Waals surface area contributed by atoms with E-state index in [1.165, 1.54) is 0 Å². The molecule has 0 aromatic rings. The van der Waals surface area contributed by atoms with Gasteiger partial charge in [0.15, 0.2) is 0 Å². The van der Waals surface area contributed by atoms with Crippen LogP contribution in [0.2, 0.25) is 0 Å². The summed E-state index contributed by atoms with van der Waals surface area (Å²) in [6.07, 6.45) is 0.825. The first-order chi connectivity index (χ1) is 8.04. The molecule has 18 heavy (non-hydrogen) atoms. The summed E-state index contributed by atoms with van der Waals surface area (Å²) in [6.45, 7) is 13.6. The third-order valence-corrected chi connectivity index (χ3v) is 3.88. The van der Waals surface area contributed by atoms with E-state index < -0.39 is 5.54 Å². The Morgan fingerprint density at radius 3 is 2.22 bits per heavy atom. The number of hydrogen-bond donors (Lipinski definition) is 1. The predicted molar refractivity (Wildman–Crippen MR) is 72.1 cm³/mol. The fourth-order valence-electron chi connectivity index (χ4n) is 2.40. The standard InChI is InChI=1S/C14H26N2O2/c1-8-13(4,5)16-10(9(2)3)11(17)15-14(6,7)12(16)18/h9-10H,8H2,1-7H3,(H,15,17). The largest absolute Gasteiger partial charge is 0.340 e. The third kappa shape index (κ3) is 2.38. The molecule has 1 N–H and O–H groups in total. The first kappa shape index (κ1) is 15.0. The number of piperazine rings is 1. The number of nitrogens with zero attached hydrogens (tertiary/aromatic N) is 1. The van der Waals surface area contributed by atoms with Crippen molar-refractivity contribution in [1.29, 1.82) is 0 Å². The van der Waals surface area contributed by atoms with Crippen LogP contribution in [0.3, 0.4) is 0 Å². The van der Waals surface area contributed by atoms with E-state index in [1.54, 1.807) is 18.7 Å². The number of hydrogen-bond acceptors (Lipinski definition) is 2. The second kappa shape index (κ2) is 4.56. The van der Waals surface area contributed by atoms with Crippen molar-refractivity contribution < 1.29 is 9.59 Å². The molecule has 2 amide bonds. The molecule has 104 valence electrons. The zero-order chi connectivity index (χ0) is 14.3. The molecule has 1 unspecified atom stereocenters. The predicted octanol–water partition coefficient (Wildman–Crippen LogP) is 1.94. The molecular formula is C14H26N2O2. The number of amides is 2. The minimum atomic E-state index is -0.811. The van der Waals surface area contributed by atoms with Crippen molar-refractivity contribution in [3.8, 4) is 0 Å². The number of rotatable bonds is 3. The van der Waals surface area contributed by atoms with Crippen LogP contribution in [0.1, 0.15) is 54.9 Å². The van der Waals surface area contributed by atoms with Crippen LogP contribution in [0.5, 0.6) is 0 Å². The molecule has 1 aliphatic heterocycles. The number of carbonyl (C=O) groups excluding carboxylic acids is 2. The molecule has 1 saturated heterocycles. The Labute approximate surface area is 110 Å². The van der Waals surface area contributed by atoms with Gasteiger partial charge in [0.1, 0.15) is 11.6 Å². The lowest BCUT2D eigenvalue weighted by molar-refractivity contribution is -0.162. The van der Waals surface area contributed by atoms with Crippen molar-refractivity contribution in [2.75, 3.05) is 0 Å². The summed E-state index contributed by atoms with van der Waals surface area (Å²) >= 11 is 0. The Bertz CT molecular complexity index is 359. The highest BCUT2D eigenvalue weighted by Gasteiger charge is 2.50. The first-order valence-corrected chi connectivity index (χ1v) is 6.70. The summed E-state index contributed by atoms with van der Waals surface area (Å²) in [5.74, 6) is 0.0691. The van der Waals surface area contributed by atoms with Gasteiger partial charge in [-0.3, -0.25) is 9.59 Å². The van der Waals surface area contributed by atoms with Gasteiger partial charge in [-0.05, 0) is 40.0 Å². The van der Waals surface area contributed by atoms with Crippen molar-refractivity contribution >= 4 is 11.8 Å². The molecule has 1 fully saturated rings. The highest BCUT2D eigenvalue weighted by atomic mass is 16.2. The Kier molecular flexibility index (Phi) is 3.80. The fourth-order valence-corrected chi connectivity index (χ4v) is 2.40. The zero-order valence-electron chi connectivity index (χ0n) is 12.6. The van der Waals surface area contributed by atoms with Crippen LogP contribution in [0.25, 0.3) is 0 Å². The van der Waals surface area contributed by atoms with Crippen LogP contribution < -0.4 is 5.32 Å². The van der Waals surface area contributed by atoms with Gasteiger partial charge in [0.2, 0.25) is 11.8 Å². The van der Waals surface area contributed by atoms with E-state index >= 15 is 0 Å². The number of carbonyl (C=O) groups is 2. The van der Waals surface area contributed by atoms with Crippen LogP contribution >= 0.6 is 0 Å². The quantitative estimate of drug-likeness (QED) is 0.836. The maximum absolute atomic E-state index is 12.6. The molecule has 0 aromatic heterocycles. The molecule has 0 bridgehead atoms. The highest BCUT2D eigenvalue weighted by Crippen LogP contribution is 2.31. The molecule has 1 heterocycles. The van der Waals surface area contributed by atoms with Gasteiger partial charge in [-0.25, -0.2) is 0 Å². The van der Waals surface area contributed by atoms with Gasteiger partial charge >= 0.3 is 0 Å². The average molecular weight is 254 g/mol. The Morgan fingerprint density at radius 2 is 1.83 bits per heavy atom. The Balaban J connectivity index is 3.27. The smallest absolute Gasteiger partial charge is 0.248 e. The molecule has 1 rings (SSSR count). The minimum absolute atomic E-state index is 0.00708. The molecular weight excluding hydrogens is 228 g/mol. The molecule has 0 saturated carbocycles. The third-order valence-electron chi connectivity index (χ3n) is 3.88. The summed E-state index contributed by atoms with van der Waals surface area (Å²) in [4.78, 5) is 26.7. The van der Waals surface area contributed by atoms with Gasteiger partial charge in [-0.1, -0.05) is 20.8 Å². The van der Waals surface area contributed by atoms with Gasteiger partial charge in [-0.15, -0.1) is 0 Å². The van der Waals surface area contributed by atoms with Crippen molar-refractivity contribution in [3.05, 3.63) is 0 Å². The van der Waals surface area contributed by atoms with Crippen LogP contribution in [-0.4, -0.2) is 33.8 Å². The van der Waals surface area contributed by atoms with Crippen molar-refractivity contribution in [2.45, 2.75) is 72.0 Å². The maximum atomic E-state index is 12.6. The SMILES string of the molecule is CCC(C)(C)N1C(=O)C(C)(C)NC(=O)C1C(C)C. The second-order valence-electron chi connectivity index (χ2n) is 6.64. The van der Waals surface area contributed by atoms with E-state index in [0.29, 0.717) is 0 Å². The molecule has 0 spiro atoms. The lowest BCUT2D eigenvalue weighted by Crippen LogP contribution is -2.73. The second-order valence-corrected chi connectivity index (χ2v) is 6.64. The van der Waals surface area contributed by atoms with Crippen LogP contribution in [0, 0.1) is 5.92 Å². The van der Waals surface area contributed by atoms with E-state index in [1.807, 2.05) is 34.6 Å². The Hall–Kier alpha value is -1.06. The summed E-state index contributed by atoms with van der Waals surface area (Å²) in [6, 6.07) is -0.375. The Morgan fingerprint density at radius 1 is 1.33 bits per heavy atom. The molecule has 0 radical (unpaired) electrons. The van der Waals surface area contributed by atoms with Gasteiger partial charge < -0.3 is 10.2 Å². The average Bonchev–Trinajstić information content (AvgIpc) is 2.21. The monoisotopic (exact) mass is 254 g/mol. The van der Waals surface area contributed by atoms with Crippen LogP contribution in [0.4, 0.5) is 0 Å². The van der Waals surface area contributed by atoms with Crippen LogP contribution in [0.15, 0.2) is 0 Å². The van der Waals surface area contributed by atoms with E-state index in [-0.39, 0.29) is 29.3 Å². The zero-order valence-corrected chi connectivity index (χ0v) is 12.6. The molecule has 4 heteroatoms. The van der Waals surface area contributed by atoms with E-state index in [2.05, 4.69) is 5.32 Å². The highest BCUT2D eigenvalue weighted by molar-refractivity contribution is 5.99. The van der Waals surface area contributed by atoms with E-state index in [9.17, 15) is 9.59 Å². The van der Waals surface area contributed by atoms with Gasteiger partial charge in [0.05, 0.1) is 0 Å². The van der Waals surface area contributed by atoms with Crippen molar-refractivity contribution in [1.82, 2.24) is 10.2 Å².